The Morgan fingerprint density at radius 3 is 2.43 bits per heavy atom. The summed E-state index contributed by atoms with van der Waals surface area (Å²) < 4.78 is 13.6. The molecule has 1 heterocycles. The molecule has 1 aromatic rings. The lowest BCUT2D eigenvalue weighted by Gasteiger charge is -2.43. The highest BCUT2D eigenvalue weighted by molar-refractivity contribution is 5.85. The van der Waals surface area contributed by atoms with Gasteiger partial charge in [-0.25, -0.2) is 0 Å². The highest BCUT2D eigenvalue weighted by Crippen LogP contribution is 2.42. The lowest BCUT2D eigenvalue weighted by Crippen LogP contribution is -2.47. The number of hydrogen-bond donors (Lipinski definition) is 1. The molecule has 23 heavy (non-hydrogen) atoms. The Labute approximate surface area is 147 Å². The maximum Gasteiger partial charge on any atom is 0.305 e. The minimum Gasteiger partial charge on any atom is -0.314 e. The molecule has 2 aliphatic rings. The SMILES string of the molecule is Cl.Cl.O=[N+]([O-])c1cc([C@@H](C2CCC2)N2CCNCC2)ccc1F. The van der Waals surface area contributed by atoms with Crippen LogP contribution < -0.4 is 5.32 Å². The maximum atomic E-state index is 13.6. The molecule has 1 aliphatic carbocycles. The van der Waals surface area contributed by atoms with Gasteiger partial charge < -0.3 is 5.32 Å². The molecule has 1 N–H and O–H groups in total. The number of piperazine rings is 1. The summed E-state index contributed by atoms with van der Waals surface area (Å²) in [7, 11) is 0. The van der Waals surface area contributed by atoms with Crippen LogP contribution in [0.2, 0.25) is 0 Å². The van der Waals surface area contributed by atoms with Crippen LogP contribution in [0.15, 0.2) is 18.2 Å². The van der Waals surface area contributed by atoms with Gasteiger partial charge in [0.1, 0.15) is 0 Å². The molecule has 8 heteroatoms. The molecule has 0 radical (unpaired) electrons. The van der Waals surface area contributed by atoms with Crippen molar-refractivity contribution in [3.8, 4) is 0 Å². The minimum absolute atomic E-state index is 0. The third-order valence-corrected chi connectivity index (χ3v) is 4.65. The average molecular weight is 366 g/mol. The van der Waals surface area contributed by atoms with Crippen LogP contribution in [-0.4, -0.2) is 36.0 Å². The van der Waals surface area contributed by atoms with Crippen LogP contribution in [0, 0.1) is 21.8 Å². The standard InChI is InChI=1S/C15H20FN3O2.2ClH/c16-13-5-4-12(10-14(13)19(20)21)15(11-2-1-3-11)18-8-6-17-7-9-18;;/h4-5,10-11,15,17H,1-3,6-9H2;2*1H/t15-;;/m1../s1. The largest absolute Gasteiger partial charge is 0.314 e. The zero-order valence-electron chi connectivity index (χ0n) is 12.7. The number of nitro benzene ring substituents is 1. The van der Waals surface area contributed by atoms with Gasteiger partial charge in [0.05, 0.1) is 4.92 Å². The van der Waals surface area contributed by atoms with Crippen molar-refractivity contribution in [3.05, 3.63) is 39.7 Å². The van der Waals surface area contributed by atoms with Crippen LogP contribution in [0.4, 0.5) is 10.1 Å². The van der Waals surface area contributed by atoms with Gasteiger partial charge in [-0.15, -0.1) is 24.8 Å². The topological polar surface area (TPSA) is 58.4 Å². The summed E-state index contributed by atoms with van der Waals surface area (Å²) >= 11 is 0. The third kappa shape index (κ3) is 4.32. The molecule has 3 rings (SSSR count). The molecule has 1 atom stereocenters. The Hall–Kier alpha value is -0.950. The quantitative estimate of drug-likeness (QED) is 0.656. The van der Waals surface area contributed by atoms with Crippen LogP contribution in [0.3, 0.4) is 0 Å². The predicted octanol–water partition coefficient (Wildman–Crippen LogP) is 3.32. The minimum atomic E-state index is -0.753. The van der Waals surface area contributed by atoms with Crippen LogP contribution in [0.25, 0.3) is 0 Å². The number of benzene rings is 1. The van der Waals surface area contributed by atoms with Crippen molar-refractivity contribution in [2.45, 2.75) is 25.3 Å². The monoisotopic (exact) mass is 365 g/mol. The number of nitrogens with one attached hydrogen (secondary N) is 1. The van der Waals surface area contributed by atoms with Gasteiger partial charge in [-0.05, 0) is 30.4 Å². The van der Waals surface area contributed by atoms with Crippen LogP contribution >= 0.6 is 24.8 Å². The van der Waals surface area contributed by atoms with E-state index in [0.717, 1.165) is 44.6 Å². The molecule has 0 bridgehead atoms. The number of hydrogen-bond acceptors (Lipinski definition) is 4. The highest BCUT2D eigenvalue weighted by Gasteiger charge is 2.34. The first-order chi connectivity index (χ1) is 10.2. The molecule has 0 amide bonds. The van der Waals surface area contributed by atoms with Crippen molar-refractivity contribution in [1.82, 2.24) is 10.2 Å². The lowest BCUT2D eigenvalue weighted by molar-refractivity contribution is -0.387. The first-order valence-corrected chi connectivity index (χ1v) is 7.55. The zero-order chi connectivity index (χ0) is 14.8. The molecule has 0 unspecified atom stereocenters. The Morgan fingerprint density at radius 1 is 1.26 bits per heavy atom. The van der Waals surface area contributed by atoms with E-state index in [1.807, 2.05) is 0 Å². The summed E-state index contributed by atoms with van der Waals surface area (Å²) in [6.07, 6.45) is 3.52. The Bertz CT molecular complexity index is 537. The summed E-state index contributed by atoms with van der Waals surface area (Å²) in [5, 5.41) is 14.3. The van der Waals surface area contributed by atoms with Gasteiger partial charge in [-0.1, -0.05) is 12.5 Å². The van der Waals surface area contributed by atoms with Crippen molar-refractivity contribution >= 4 is 30.5 Å². The fourth-order valence-electron chi connectivity index (χ4n) is 3.35. The molecule has 0 aromatic heterocycles. The third-order valence-electron chi connectivity index (χ3n) is 4.65. The van der Waals surface area contributed by atoms with E-state index in [9.17, 15) is 14.5 Å². The molecule has 1 aromatic carbocycles. The van der Waals surface area contributed by atoms with Crippen LogP contribution in [0.1, 0.15) is 30.9 Å². The second-order valence-corrected chi connectivity index (χ2v) is 5.89. The zero-order valence-corrected chi connectivity index (χ0v) is 14.4. The van der Waals surface area contributed by atoms with Gasteiger partial charge in [0, 0.05) is 38.3 Å². The highest BCUT2D eigenvalue weighted by atomic mass is 35.5. The van der Waals surface area contributed by atoms with Gasteiger partial charge in [-0.3, -0.25) is 15.0 Å². The van der Waals surface area contributed by atoms with Crippen LogP contribution in [0.5, 0.6) is 0 Å². The average Bonchev–Trinajstić information content (AvgIpc) is 2.44. The van der Waals surface area contributed by atoms with Gasteiger partial charge >= 0.3 is 5.69 Å². The molecule has 1 saturated carbocycles. The number of halogens is 3. The molecule has 1 saturated heterocycles. The number of nitrogens with zero attached hydrogens (tertiary/aromatic N) is 2. The molecule has 130 valence electrons. The van der Waals surface area contributed by atoms with Crippen molar-refractivity contribution < 1.29 is 9.31 Å². The van der Waals surface area contributed by atoms with Crippen molar-refractivity contribution in [2.24, 2.45) is 5.92 Å². The van der Waals surface area contributed by atoms with Gasteiger partial charge in [0.15, 0.2) is 0 Å². The van der Waals surface area contributed by atoms with E-state index in [4.69, 9.17) is 0 Å². The van der Waals surface area contributed by atoms with E-state index in [1.54, 1.807) is 6.07 Å². The first-order valence-electron chi connectivity index (χ1n) is 7.55. The summed E-state index contributed by atoms with van der Waals surface area (Å²) in [4.78, 5) is 12.7. The fraction of sp³-hybridized carbons (Fsp3) is 0.600. The van der Waals surface area contributed by atoms with Crippen LogP contribution in [-0.2, 0) is 0 Å². The number of rotatable bonds is 4. The Kier molecular flexibility index (Phi) is 7.67. The van der Waals surface area contributed by atoms with Crippen molar-refractivity contribution in [2.75, 3.05) is 26.2 Å². The van der Waals surface area contributed by atoms with E-state index < -0.39 is 16.4 Å². The molecular formula is C15H22Cl2FN3O2. The summed E-state index contributed by atoms with van der Waals surface area (Å²) in [6, 6.07) is 4.56. The molecule has 1 aliphatic heterocycles. The summed E-state index contributed by atoms with van der Waals surface area (Å²) in [5.74, 6) is -0.218. The van der Waals surface area contributed by atoms with Crippen molar-refractivity contribution in [1.29, 1.82) is 0 Å². The van der Waals surface area contributed by atoms with E-state index in [2.05, 4.69) is 10.2 Å². The van der Waals surface area contributed by atoms with E-state index >= 15 is 0 Å². The summed E-state index contributed by atoms with van der Waals surface area (Å²) in [5.41, 5.74) is 0.474. The predicted molar refractivity (Wildman–Crippen MR) is 92.1 cm³/mol. The van der Waals surface area contributed by atoms with E-state index in [0.29, 0.717) is 5.92 Å². The second kappa shape index (κ2) is 8.78. The van der Waals surface area contributed by atoms with E-state index in [-0.39, 0.29) is 30.9 Å². The normalized spacial score (nSPS) is 19.9. The Morgan fingerprint density at radius 2 is 1.91 bits per heavy atom. The second-order valence-electron chi connectivity index (χ2n) is 5.89. The number of nitro groups is 1. The molecule has 0 spiro atoms. The van der Waals surface area contributed by atoms with Gasteiger partial charge in [-0.2, -0.15) is 4.39 Å². The maximum absolute atomic E-state index is 13.6. The first kappa shape index (κ1) is 20.1. The molecular weight excluding hydrogens is 344 g/mol. The van der Waals surface area contributed by atoms with Crippen molar-refractivity contribution in [3.63, 3.8) is 0 Å². The molecule has 5 nitrogen and oxygen atoms in total. The van der Waals surface area contributed by atoms with E-state index in [1.165, 1.54) is 18.6 Å². The smallest absolute Gasteiger partial charge is 0.305 e. The lowest BCUT2D eigenvalue weighted by atomic mass is 9.76. The van der Waals surface area contributed by atoms with Gasteiger partial charge in [0.2, 0.25) is 5.82 Å². The fourth-order valence-corrected chi connectivity index (χ4v) is 3.35. The summed E-state index contributed by atoms with van der Waals surface area (Å²) in [6.45, 7) is 3.75. The van der Waals surface area contributed by atoms with Gasteiger partial charge in [0.25, 0.3) is 0 Å². The molecule has 2 fully saturated rings. The Balaban J connectivity index is 0.00000132.